The molecule has 0 aliphatic carbocycles. The monoisotopic (exact) mass is 484 g/mol. The minimum absolute atomic E-state index is 0.109. The van der Waals surface area contributed by atoms with Gasteiger partial charge in [0.2, 0.25) is 10.0 Å². The van der Waals surface area contributed by atoms with E-state index in [1.54, 1.807) is 18.2 Å². The lowest BCUT2D eigenvalue weighted by Crippen LogP contribution is -2.41. The Balaban J connectivity index is 1.69. The van der Waals surface area contributed by atoms with E-state index < -0.39 is 15.6 Å². The number of hydrogen-bond donors (Lipinski definition) is 1. The zero-order valence-corrected chi connectivity index (χ0v) is 19.2. The summed E-state index contributed by atoms with van der Waals surface area (Å²) in [4.78, 5) is 20.0. The fourth-order valence-corrected chi connectivity index (χ4v) is 5.93. The Labute approximate surface area is 189 Å². The van der Waals surface area contributed by atoms with E-state index in [0.717, 1.165) is 6.42 Å². The standard InChI is InChI=1S/C19H22Cl2N6O3S/c1-2-9-31(29,30)26-8-4-5-12(10-26)17-22-18-16(19(28)23-17)24-25-27(18)11-13-14(20)6-3-7-15(13)21/h3,6-7,12H,2,4-5,8-11H2,1H3,(H,22,23,28). The number of aromatic nitrogens is 5. The summed E-state index contributed by atoms with van der Waals surface area (Å²) < 4.78 is 28.0. The maximum absolute atomic E-state index is 12.6. The Kier molecular flexibility index (Phi) is 6.34. The predicted molar refractivity (Wildman–Crippen MR) is 119 cm³/mol. The van der Waals surface area contributed by atoms with Gasteiger partial charge in [-0.2, -0.15) is 0 Å². The van der Waals surface area contributed by atoms with Crippen molar-refractivity contribution in [2.75, 3.05) is 18.8 Å². The fourth-order valence-electron chi connectivity index (χ4n) is 3.82. The quantitative estimate of drug-likeness (QED) is 0.575. The van der Waals surface area contributed by atoms with Crippen LogP contribution in [0.3, 0.4) is 0 Å². The number of hydrogen-bond acceptors (Lipinski definition) is 6. The number of benzene rings is 1. The summed E-state index contributed by atoms with van der Waals surface area (Å²) in [5.74, 6) is 0.324. The molecule has 1 aliphatic rings. The minimum atomic E-state index is -3.32. The topological polar surface area (TPSA) is 114 Å². The van der Waals surface area contributed by atoms with Gasteiger partial charge in [-0.1, -0.05) is 41.4 Å². The first kappa shape index (κ1) is 22.2. The Hall–Kier alpha value is -2.01. The fraction of sp³-hybridized carbons (Fsp3) is 0.474. The smallest absolute Gasteiger partial charge is 0.281 e. The number of halogens is 2. The van der Waals surface area contributed by atoms with Gasteiger partial charge in [-0.05, 0) is 31.4 Å². The van der Waals surface area contributed by atoms with Crippen LogP contribution in [0.4, 0.5) is 0 Å². The third-order valence-electron chi connectivity index (χ3n) is 5.39. The van der Waals surface area contributed by atoms with Crippen LogP contribution in [0.25, 0.3) is 11.2 Å². The molecular weight excluding hydrogens is 463 g/mol. The van der Waals surface area contributed by atoms with Gasteiger partial charge in [0.1, 0.15) is 5.82 Å². The summed E-state index contributed by atoms with van der Waals surface area (Å²) in [5, 5.41) is 8.97. The van der Waals surface area contributed by atoms with Gasteiger partial charge < -0.3 is 4.98 Å². The Morgan fingerprint density at radius 3 is 2.71 bits per heavy atom. The van der Waals surface area contributed by atoms with Crippen molar-refractivity contribution < 1.29 is 8.42 Å². The van der Waals surface area contributed by atoms with Crippen molar-refractivity contribution in [3.05, 3.63) is 50.0 Å². The van der Waals surface area contributed by atoms with Gasteiger partial charge in [0.15, 0.2) is 11.2 Å². The molecule has 4 rings (SSSR count). The van der Waals surface area contributed by atoms with E-state index >= 15 is 0 Å². The molecule has 1 atom stereocenters. The Morgan fingerprint density at radius 1 is 1.26 bits per heavy atom. The summed E-state index contributed by atoms with van der Waals surface area (Å²) >= 11 is 12.5. The largest absolute Gasteiger partial charge is 0.308 e. The number of nitrogens with zero attached hydrogens (tertiary/aromatic N) is 5. The third kappa shape index (κ3) is 4.48. The van der Waals surface area contributed by atoms with Crippen molar-refractivity contribution in [1.29, 1.82) is 0 Å². The predicted octanol–water partition coefficient (Wildman–Crippen LogP) is 2.79. The number of piperidine rings is 1. The highest BCUT2D eigenvalue weighted by Gasteiger charge is 2.31. The van der Waals surface area contributed by atoms with Crippen LogP contribution in [-0.4, -0.2) is 56.5 Å². The Morgan fingerprint density at radius 2 is 2.00 bits per heavy atom. The lowest BCUT2D eigenvalue weighted by Gasteiger charge is -2.31. The summed E-state index contributed by atoms with van der Waals surface area (Å²) in [6.07, 6.45) is 1.98. The highest BCUT2D eigenvalue weighted by molar-refractivity contribution is 7.89. The molecule has 166 valence electrons. The Bertz CT molecular complexity index is 1250. The van der Waals surface area contributed by atoms with Gasteiger partial charge in [-0.15, -0.1) is 5.10 Å². The molecule has 2 aromatic heterocycles. The van der Waals surface area contributed by atoms with Crippen molar-refractivity contribution in [3.8, 4) is 0 Å². The lowest BCUT2D eigenvalue weighted by molar-refractivity contribution is 0.309. The van der Waals surface area contributed by atoms with Crippen LogP contribution in [0.15, 0.2) is 23.0 Å². The SMILES string of the molecule is CCCS(=O)(=O)N1CCCC(c2nc3c(nnn3Cc3c(Cl)cccc3Cl)c(=O)[nH]2)C1. The second-order valence-electron chi connectivity index (χ2n) is 7.58. The molecule has 1 N–H and O–H groups in total. The van der Waals surface area contributed by atoms with Gasteiger partial charge in [-0.3, -0.25) is 4.79 Å². The van der Waals surface area contributed by atoms with Crippen LogP contribution in [0.5, 0.6) is 0 Å². The summed E-state index contributed by atoms with van der Waals surface area (Å²) in [6.45, 7) is 2.81. The van der Waals surface area contributed by atoms with Crippen LogP contribution in [-0.2, 0) is 16.6 Å². The molecule has 0 amide bonds. The molecule has 1 unspecified atom stereocenters. The van der Waals surface area contributed by atoms with E-state index in [1.807, 2.05) is 6.92 Å². The number of H-pyrrole nitrogens is 1. The first-order valence-electron chi connectivity index (χ1n) is 10.0. The van der Waals surface area contributed by atoms with E-state index in [9.17, 15) is 13.2 Å². The van der Waals surface area contributed by atoms with Crippen molar-refractivity contribution in [3.63, 3.8) is 0 Å². The lowest BCUT2D eigenvalue weighted by atomic mass is 9.99. The molecular formula is C19H22Cl2N6O3S. The highest BCUT2D eigenvalue weighted by Crippen LogP contribution is 2.28. The van der Waals surface area contributed by atoms with Gasteiger partial charge in [0, 0.05) is 34.6 Å². The number of sulfonamides is 1. The van der Waals surface area contributed by atoms with E-state index in [4.69, 9.17) is 23.2 Å². The minimum Gasteiger partial charge on any atom is -0.308 e. The molecule has 12 heteroatoms. The average Bonchev–Trinajstić information content (AvgIpc) is 3.14. The van der Waals surface area contributed by atoms with Crippen molar-refractivity contribution >= 4 is 44.4 Å². The summed E-state index contributed by atoms with van der Waals surface area (Å²) in [5.41, 5.74) is 0.655. The number of aromatic amines is 1. The first-order valence-corrected chi connectivity index (χ1v) is 12.4. The zero-order valence-electron chi connectivity index (χ0n) is 16.9. The first-order chi connectivity index (χ1) is 14.8. The molecule has 1 saturated heterocycles. The molecule has 9 nitrogen and oxygen atoms in total. The maximum Gasteiger partial charge on any atom is 0.281 e. The summed E-state index contributed by atoms with van der Waals surface area (Å²) in [6, 6.07) is 5.19. The number of fused-ring (bicyclic) bond motifs is 1. The zero-order chi connectivity index (χ0) is 22.2. The number of nitrogens with one attached hydrogen (secondary N) is 1. The highest BCUT2D eigenvalue weighted by atomic mass is 35.5. The molecule has 3 aromatic rings. The van der Waals surface area contributed by atoms with E-state index in [1.165, 1.54) is 8.99 Å². The van der Waals surface area contributed by atoms with Gasteiger partial charge >= 0.3 is 0 Å². The van der Waals surface area contributed by atoms with Crippen molar-refractivity contribution in [2.24, 2.45) is 0 Å². The molecule has 3 heterocycles. The van der Waals surface area contributed by atoms with Crippen LogP contribution < -0.4 is 5.56 Å². The normalized spacial score (nSPS) is 18.0. The number of rotatable bonds is 6. The molecule has 1 aliphatic heterocycles. The molecule has 0 radical (unpaired) electrons. The van der Waals surface area contributed by atoms with Crippen molar-refractivity contribution in [2.45, 2.75) is 38.6 Å². The van der Waals surface area contributed by atoms with Crippen LogP contribution in [0.2, 0.25) is 10.0 Å². The average molecular weight is 485 g/mol. The molecule has 0 spiro atoms. The van der Waals surface area contributed by atoms with Crippen LogP contribution in [0.1, 0.15) is 43.5 Å². The van der Waals surface area contributed by atoms with Gasteiger partial charge in [0.25, 0.3) is 5.56 Å². The van der Waals surface area contributed by atoms with Crippen LogP contribution >= 0.6 is 23.2 Å². The molecule has 0 bridgehead atoms. The van der Waals surface area contributed by atoms with Crippen LogP contribution in [0, 0.1) is 0 Å². The second kappa shape index (κ2) is 8.85. The van der Waals surface area contributed by atoms with E-state index in [0.29, 0.717) is 46.5 Å². The maximum atomic E-state index is 12.6. The van der Waals surface area contributed by atoms with Gasteiger partial charge in [0.05, 0.1) is 12.3 Å². The van der Waals surface area contributed by atoms with E-state index in [2.05, 4.69) is 20.3 Å². The molecule has 1 aromatic carbocycles. The molecule has 31 heavy (non-hydrogen) atoms. The third-order valence-corrected chi connectivity index (χ3v) is 8.14. The summed E-state index contributed by atoms with van der Waals surface area (Å²) in [7, 11) is -3.32. The molecule has 0 saturated carbocycles. The van der Waals surface area contributed by atoms with Crippen molar-refractivity contribution in [1.82, 2.24) is 29.3 Å². The van der Waals surface area contributed by atoms with E-state index in [-0.39, 0.29) is 30.3 Å². The molecule has 1 fully saturated rings. The second-order valence-corrected chi connectivity index (χ2v) is 10.5. The van der Waals surface area contributed by atoms with Gasteiger partial charge in [-0.25, -0.2) is 22.4 Å².